The van der Waals surface area contributed by atoms with E-state index in [1.54, 1.807) is 4.57 Å². The van der Waals surface area contributed by atoms with Crippen molar-refractivity contribution in [2.75, 3.05) is 18.9 Å². The van der Waals surface area contributed by atoms with Gasteiger partial charge in [-0.05, 0) is 38.5 Å². The van der Waals surface area contributed by atoms with Crippen molar-refractivity contribution in [1.82, 2.24) is 19.5 Å². The van der Waals surface area contributed by atoms with Gasteiger partial charge in [-0.15, -0.1) is 0 Å². The van der Waals surface area contributed by atoms with Gasteiger partial charge in [-0.25, -0.2) is 4.79 Å². The number of ether oxygens (including phenoxy) is 2. The van der Waals surface area contributed by atoms with E-state index < -0.39 is 0 Å². The molecule has 1 saturated heterocycles. The molecule has 1 unspecified atom stereocenters. The molecule has 0 amide bonds. The van der Waals surface area contributed by atoms with Gasteiger partial charge in [0.25, 0.3) is 0 Å². The standard InChI is InChI=1S/C17H27N5O3/c1-3-5-11(2)25-16-20-14(18)13-15(21-16)22(17(23)19-13)8-7-12-6-4-9-24-10-12/h11-12H,3-10H2,1-2H3,(H,19,23)(H2,18,20,21)/t11-,12?/m1/s1. The maximum atomic E-state index is 12.3. The zero-order valence-corrected chi connectivity index (χ0v) is 15.0. The number of nitrogens with two attached hydrogens (primary N) is 1. The van der Waals surface area contributed by atoms with Gasteiger partial charge in [-0.2, -0.15) is 9.97 Å². The van der Waals surface area contributed by atoms with Gasteiger partial charge >= 0.3 is 11.7 Å². The number of aryl methyl sites for hydroxylation is 1. The minimum Gasteiger partial charge on any atom is -0.460 e. The molecule has 3 heterocycles. The summed E-state index contributed by atoms with van der Waals surface area (Å²) in [6.45, 7) is 6.24. The van der Waals surface area contributed by atoms with Crippen LogP contribution in [0.2, 0.25) is 0 Å². The highest BCUT2D eigenvalue weighted by Gasteiger charge is 2.18. The van der Waals surface area contributed by atoms with Crippen LogP contribution >= 0.6 is 0 Å². The van der Waals surface area contributed by atoms with Gasteiger partial charge in [0, 0.05) is 19.8 Å². The number of aromatic nitrogens is 4. The first-order valence-corrected chi connectivity index (χ1v) is 9.09. The zero-order chi connectivity index (χ0) is 17.8. The number of nitrogens with zero attached hydrogens (tertiary/aromatic N) is 3. The summed E-state index contributed by atoms with van der Waals surface area (Å²) in [6, 6.07) is 0.222. The van der Waals surface area contributed by atoms with Crippen molar-refractivity contribution in [2.24, 2.45) is 5.92 Å². The smallest absolute Gasteiger partial charge is 0.327 e. The van der Waals surface area contributed by atoms with Crippen molar-refractivity contribution in [1.29, 1.82) is 0 Å². The fraction of sp³-hybridized carbons (Fsp3) is 0.706. The Labute approximate surface area is 146 Å². The van der Waals surface area contributed by atoms with E-state index in [2.05, 4.69) is 21.9 Å². The van der Waals surface area contributed by atoms with E-state index in [9.17, 15) is 4.79 Å². The molecule has 8 nitrogen and oxygen atoms in total. The highest BCUT2D eigenvalue weighted by atomic mass is 16.5. The van der Waals surface area contributed by atoms with Crippen LogP contribution < -0.4 is 16.2 Å². The molecule has 0 saturated carbocycles. The number of imidazole rings is 1. The largest absolute Gasteiger partial charge is 0.460 e. The lowest BCUT2D eigenvalue weighted by Crippen LogP contribution is -2.23. The van der Waals surface area contributed by atoms with Crippen molar-refractivity contribution in [3.8, 4) is 6.01 Å². The Balaban J connectivity index is 1.82. The van der Waals surface area contributed by atoms with E-state index in [1.165, 1.54) is 0 Å². The molecule has 2 atom stereocenters. The lowest BCUT2D eigenvalue weighted by Gasteiger charge is -2.21. The van der Waals surface area contributed by atoms with Crippen LogP contribution in [0.3, 0.4) is 0 Å². The summed E-state index contributed by atoms with van der Waals surface area (Å²) >= 11 is 0. The SMILES string of the molecule is CCC[C@@H](C)Oc1nc(N)c2[nH]c(=O)n(CCC3CCCOC3)c2n1. The highest BCUT2D eigenvalue weighted by Crippen LogP contribution is 2.21. The molecule has 0 aromatic carbocycles. The molecule has 3 N–H and O–H groups in total. The summed E-state index contributed by atoms with van der Waals surface area (Å²) in [5.74, 6) is 0.714. The third-order valence-corrected chi connectivity index (χ3v) is 4.65. The Morgan fingerprint density at radius 1 is 1.48 bits per heavy atom. The number of anilines is 1. The topological polar surface area (TPSA) is 108 Å². The third kappa shape index (κ3) is 4.12. The van der Waals surface area contributed by atoms with Crippen LogP contribution in [0.5, 0.6) is 6.01 Å². The van der Waals surface area contributed by atoms with Crippen LogP contribution in [0.1, 0.15) is 46.0 Å². The van der Waals surface area contributed by atoms with Crippen LogP contribution in [0.25, 0.3) is 11.2 Å². The predicted octanol–water partition coefficient (Wildman–Crippen LogP) is 2.09. The van der Waals surface area contributed by atoms with Crippen LogP contribution in [0, 0.1) is 5.92 Å². The molecule has 138 valence electrons. The Bertz CT molecular complexity index is 763. The first kappa shape index (κ1) is 17.7. The Kier molecular flexibility index (Phi) is 5.57. The van der Waals surface area contributed by atoms with Crippen molar-refractivity contribution in [3.63, 3.8) is 0 Å². The van der Waals surface area contributed by atoms with E-state index in [4.69, 9.17) is 15.2 Å². The van der Waals surface area contributed by atoms with Gasteiger partial charge in [-0.1, -0.05) is 13.3 Å². The van der Waals surface area contributed by atoms with Gasteiger partial charge in [0.05, 0.1) is 6.10 Å². The third-order valence-electron chi connectivity index (χ3n) is 4.65. The molecule has 2 aromatic rings. The second-order valence-electron chi connectivity index (χ2n) is 6.76. The second kappa shape index (κ2) is 7.86. The van der Waals surface area contributed by atoms with Gasteiger partial charge in [0.15, 0.2) is 11.5 Å². The average Bonchev–Trinajstić information content (AvgIpc) is 2.90. The molecule has 3 rings (SSSR count). The minimum absolute atomic E-state index is 0.000325. The molecular formula is C17H27N5O3. The zero-order valence-electron chi connectivity index (χ0n) is 15.0. The summed E-state index contributed by atoms with van der Waals surface area (Å²) in [4.78, 5) is 23.7. The normalized spacial score (nSPS) is 19.2. The second-order valence-corrected chi connectivity index (χ2v) is 6.76. The number of aromatic amines is 1. The fourth-order valence-electron chi connectivity index (χ4n) is 3.28. The highest BCUT2D eigenvalue weighted by molar-refractivity contribution is 5.81. The average molecular weight is 349 g/mol. The van der Waals surface area contributed by atoms with Crippen molar-refractivity contribution in [3.05, 3.63) is 10.5 Å². The number of fused-ring (bicyclic) bond motifs is 1. The predicted molar refractivity (Wildman–Crippen MR) is 95.7 cm³/mol. The minimum atomic E-state index is -0.216. The van der Waals surface area contributed by atoms with Crippen LogP contribution in [0.15, 0.2) is 4.79 Å². The van der Waals surface area contributed by atoms with Gasteiger partial charge < -0.3 is 20.2 Å². The van der Waals surface area contributed by atoms with Crippen LogP contribution in [0.4, 0.5) is 5.82 Å². The lowest BCUT2D eigenvalue weighted by molar-refractivity contribution is 0.0501. The maximum absolute atomic E-state index is 12.3. The number of rotatable bonds is 7. The Morgan fingerprint density at radius 2 is 2.32 bits per heavy atom. The summed E-state index contributed by atoms with van der Waals surface area (Å²) in [5.41, 5.74) is 6.76. The molecule has 0 aliphatic carbocycles. The van der Waals surface area contributed by atoms with E-state index >= 15 is 0 Å². The van der Waals surface area contributed by atoms with E-state index in [1.807, 2.05) is 6.92 Å². The number of nitrogen functional groups attached to an aromatic ring is 1. The lowest BCUT2D eigenvalue weighted by atomic mass is 9.99. The van der Waals surface area contributed by atoms with E-state index in [-0.39, 0.29) is 23.6 Å². The van der Waals surface area contributed by atoms with Crippen LogP contribution in [-0.4, -0.2) is 38.8 Å². The molecule has 0 spiro atoms. The number of hydrogen-bond donors (Lipinski definition) is 2. The maximum Gasteiger partial charge on any atom is 0.327 e. The monoisotopic (exact) mass is 349 g/mol. The van der Waals surface area contributed by atoms with Crippen molar-refractivity contribution >= 4 is 17.0 Å². The summed E-state index contributed by atoms with van der Waals surface area (Å²) in [6.07, 6.45) is 5.01. The van der Waals surface area contributed by atoms with E-state index in [0.29, 0.717) is 23.6 Å². The van der Waals surface area contributed by atoms with E-state index in [0.717, 1.165) is 45.3 Å². The number of H-pyrrole nitrogens is 1. The molecule has 1 fully saturated rings. The first-order chi connectivity index (χ1) is 12.1. The number of nitrogens with one attached hydrogen (secondary N) is 1. The Morgan fingerprint density at radius 3 is 3.04 bits per heavy atom. The van der Waals surface area contributed by atoms with Gasteiger partial charge in [0.2, 0.25) is 0 Å². The Hall–Kier alpha value is -2.09. The van der Waals surface area contributed by atoms with Gasteiger partial charge in [0.1, 0.15) is 5.52 Å². The molecule has 1 aliphatic rings. The molecule has 0 bridgehead atoms. The molecule has 2 aromatic heterocycles. The summed E-state index contributed by atoms with van der Waals surface area (Å²) in [5, 5.41) is 0. The number of hydrogen-bond acceptors (Lipinski definition) is 6. The molecule has 25 heavy (non-hydrogen) atoms. The van der Waals surface area contributed by atoms with Crippen molar-refractivity contribution in [2.45, 2.75) is 58.6 Å². The van der Waals surface area contributed by atoms with Gasteiger partial charge in [-0.3, -0.25) is 4.57 Å². The van der Waals surface area contributed by atoms with Crippen molar-refractivity contribution < 1.29 is 9.47 Å². The van der Waals surface area contributed by atoms with Crippen LogP contribution in [-0.2, 0) is 11.3 Å². The summed E-state index contributed by atoms with van der Waals surface area (Å²) in [7, 11) is 0. The molecule has 1 aliphatic heterocycles. The first-order valence-electron chi connectivity index (χ1n) is 9.09. The molecule has 0 radical (unpaired) electrons. The molecule has 8 heteroatoms. The molecular weight excluding hydrogens is 322 g/mol. The fourth-order valence-corrected chi connectivity index (χ4v) is 3.28. The quantitative estimate of drug-likeness (QED) is 0.792. The summed E-state index contributed by atoms with van der Waals surface area (Å²) < 4.78 is 12.9.